The number of carbonyl (C=O) groups is 2. The molecule has 0 bridgehead atoms. The van der Waals surface area contributed by atoms with Crippen molar-refractivity contribution in [3.63, 3.8) is 0 Å². The number of pyridine rings is 1. The van der Waals surface area contributed by atoms with Gasteiger partial charge < -0.3 is 15.0 Å². The van der Waals surface area contributed by atoms with Crippen LogP contribution in [0.25, 0.3) is 0 Å². The van der Waals surface area contributed by atoms with Crippen LogP contribution in [0.4, 0.5) is 10.6 Å². The van der Waals surface area contributed by atoms with Gasteiger partial charge in [-0.25, -0.2) is 9.78 Å². The predicted molar refractivity (Wildman–Crippen MR) is 124 cm³/mol. The van der Waals surface area contributed by atoms with Gasteiger partial charge in [-0.05, 0) is 63.1 Å². The number of terminal acetylenes is 1. The lowest BCUT2D eigenvalue weighted by Gasteiger charge is -2.35. The maximum atomic E-state index is 12.6. The standard InChI is InChI=1S/C25H30N4O3/c1-6-19-9-10-26-22(16-19)27-23(30)20-7-8-21(18(2)15-20)17-28-11-13-29(14-12-28)24(31)32-25(3,4)5/h1,7-10,15-16H,11-14,17H2,2-5H3,(H,26,27,30). The quantitative estimate of drug-likeness (QED) is 0.743. The molecule has 0 aliphatic carbocycles. The molecule has 7 heteroatoms. The normalized spacial score (nSPS) is 14.5. The van der Waals surface area contributed by atoms with Crippen LogP contribution < -0.4 is 5.32 Å². The number of hydrogen-bond acceptors (Lipinski definition) is 5. The van der Waals surface area contributed by atoms with Crippen molar-refractivity contribution in [1.29, 1.82) is 0 Å². The van der Waals surface area contributed by atoms with E-state index in [1.807, 2.05) is 45.9 Å². The van der Waals surface area contributed by atoms with Crippen molar-refractivity contribution >= 4 is 17.8 Å². The van der Waals surface area contributed by atoms with Crippen molar-refractivity contribution in [1.82, 2.24) is 14.8 Å². The van der Waals surface area contributed by atoms with Crippen molar-refractivity contribution in [2.75, 3.05) is 31.5 Å². The van der Waals surface area contributed by atoms with Gasteiger partial charge in [0.1, 0.15) is 11.4 Å². The number of piperazine rings is 1. The fraction of sp³-hybridized carbons (Fsp3) is 0.400. The van der Waals surface area contributed by atoms with E-state index in [1.165, 1.54) is 0 Å². The van der Waals surface area contributed by atoms with Gasteiger partial charge in [-0.15, -0.1) is 6.42 Å². The Bertz CT molecular complexity index is 1030. The zero-order valence-corrected chi connectivity index (χ0v) is 19.1. The molecule has 1 saturated heterocycles. The summed E-state index contributed by atoms with van der Waals surface area (Å²) in [6.45, 7) is 11.2. The lowest BCUT2D eigenvalue weighted by atomic mass is 10.0. The Morgan fingerprint density at radius 2 is 1.88 bits per heavy atom. The molecule has 1 aromatic carbocycles. The third kappa shape index (κ3) is 6.32. The molecule has 0 atom stereocenters. The number of rotatable bonds is 4. The van der Waals surface area contributed by atoms with Crippen molar-refractivity contribution in [2.45, 2.75) is 39.8 Å². The van der Waals surface area contributed by atoms with E-state index >= 15 is 0 Å². The molecular formula is C25H30N4O3. The minimum Gasteiger partial charge on any atom is -0.444 e. The first-order valence-electron chi connectivity index (χ1n) is 10.7. The zero-order valence-electron chi connectivity index (χ0n) is 19.1. The first-order chi connectivity index (χ1) is 15.1. The van der Waals surface area contributed by atoms with E-state index in [0.29, 0.717) is 30.0 Å². The molecule has 1 N–H and O–H groups in total. The third-order valence-electron chi connectivity index (χ3n) is 5.19. The Morgan fingerprint density at radius 1 is 1.16 bits per heavy atom. The van der Waals surface area contributed by atoms with Crippen molar-refractivity contribution in [3.05, 3.63) is 58.8 Å². The van der Waals surface area contributed by atoms with Gasteiger partial charge in [-0.1, -0.05) is 12.0 Å². The number of benzene rings is 1. The summed E-state index contributed by atoms with van der Waals surface area (Å²) in [7, 11) is 0. The lowest BCUT2D eigenvalue weighted by molar-refractivity contribution is 0.0139. The molecule has 1 aliphatic heterocycles. The molecule has 3 rings (SSSR count). The number of amides is 2. The van der Waals surface area contributed by atoms with Crippen LogP contribution in [0.1, 0.15) is 47.8 Å². The summed E-state index contributed by atoms with van der Waals surface area (Å²) in [6.07, 6.45) is 6.71. The molecular weight excluding hydrogens is 404 g/mol. The van der Waals surface area contributed by atoms with Crippen LogP contribution in [0.5, 0.6) is 0 Å². The van der Waals surface area contributed by atoms with Crippen LogP contribution in [-0.2, 0) is 11.3 Å². The highest BCUT2D eigenvalue weighted by molar-refractivity contribution is 6.04. The summed E-state index contributed by atoms with van der Waals surface area (Å²) >= 11 is 0. The SMILES string of the molecule is C#Cc1ccnc(NC(=O)c2ccc(CN3CCN(C(=O)OC(C)(C)C)CC3)c(C)c2)c1. The first kappa shape index (κ1) is 23.3. The number of ether oxygens (including phenoxy) is 1. The Morgan fingerprint density at radius 3 is 2.50 bits per heavy atom. The van der Waals surface area contributed by atoms with E-state index in [-0.39, 0.29) is 12.0 Å². The number of aryl methyl sites for hydroxylation is 1. The largest absolute Gasteiger partial charge is 0.444 e. The van der Waals surface area contributed by atoms with Crippen LogP contribution in [0.15, 0.2) is 36.5 Å². The summed E-state index contributed by atoms with van der Waals surface area (Å²) in [5, 5.41) is 2.79. The predicted octanol–water partition coefficient (Wildman–Crippen LogP) is 3.68. The van der Waals surface area contributed by atoms with Crippen LogP contribution in [0.3, 0.4) is 0 Å². The molecule has 0 radical (unpaired) electrons. The Kier molecular flexibility index (Phi) is 7.16. The molecule has 7 nitrogen and oxygen atoms in total. The number of aromatic nitrogens is 1. The second-order valence-corrected chi connectivity index (χ2v) is 8.91. The molecule has 0 unspecified atom stereocenters. The maximum Gasteiger partial charge on any atom is 0.410 e. The average Bonchev–Trinajstić information content (AvgIpc) is 2.74. The molecule has 1 fully saturated rings. The zero-order chi connectivity index (χ0) is 23.3. The van der Waals surface area contributed by atoms with Crippen LogP contribution in [0.2, 0.25) is 0 Å². The van der Waals surface area contributed by atoms with E-state index in [1.54, 1.807) is 23.2 Å². The minimum atomic E-state index is -0.487. The molecule has 0 saturated carbocycles. The van der Waals surface area contributed by atoms with Gasteiger partial charge in [0.2, 0.25) is 0 Å². The molecule has 2 heterocycles. The molecule has 2 amide bonds. The maximum absolute atomic E-state index is 12.6. The highest BCUT2D eigenvalue weighted by Gasteiger charge is 2.26. The van der Waals surface area contributed by atoms with E-state index in [4.69, 9.17) is 11.2 Å². The third-order valence-corrected chi connectivity index (χ3v) is 5.19. The molecule has 168 valence electrons. The second-order valence-electron chi connectivity index (χ2n) is 8.91. The number of hydrogen-bond donors (Lipinski definition) is 1. The van der Waals surface area contributed by atoms with Crippen LogP contribution in [0, 0.1) is 19.3 Å². The first-order valence-corrected chi connectivity index (χ1v) is 10.7. The highest BCUT2D eigenvalue weighted by Crippen LogP contribution is 2.17. The van der Waals surface area contributed by atoms with Gasteiger partial charge in [0, 0.05) is 50.0 Å². The molecule has 1 aliphatic rings. The number of anilines is 1. The Balaban J connectivity index is 1.56. The van der Waals surface area contributed by atoms with Gasteiger partial charge in [0.05, 0.1) is 0 Å². The molecule has 2 aromatic rings. The smallest absolute Gasteiger partial charge is 0.410 e. The fourth-order valence-corrected chi connectivity index (χ4v) is 3.45. The highest BCUT2D eigenvalue weighted by atomic mass is 16.6. The summed E-state index contributed by atoms with van der Waals surface area (Å²) in [6, 6.07) is 9.06. The molecule has 32 heavy (non-hydrogen) atoms. The van der Waals surface area contributed by atoms with Gasteiger partial charge in [-0.2, -0.15) is 0 Å². The topological polar surface area (TPSA) is 74.8 Å². The van der Waals surface area contributed by atoms with Crippen molar-refractivity contribution < 1.29 is 14.3 Å². The Labute approximate surface area is 189 Å². The van der Waals surface area contributed by atoms with E-state index in [9.17, 15) is 9.59 Å². The number of nitrogens with one attached hydrogen (secondary N) is 1. The van der Waals surface area contributed by atoms with Crippen molar-refractivity contribution in [3.8, 4) is 12.3 Å². The van der Waals surface area contributed by atoms with Gasteiger partial charge in [-0.3, -0.25) is 9.69 Å². The van der Waals surface area contributed by atoms with E-state index in [0.717, 1.165) is 30.8 Å². The summed E-state index contributed by atoms with van der Waals surface area (Å²) < 4.78 is 5.46. The van der Waals surface area contributed by atoms with Gasteiger partial charge in [0.25, 0.3) is 5.91 Å². The van der Waals surface area contributed by atoms with E-state index in [2.05, 4.69) is 21.1 Å². The van der Waals surface area contributed by atoms with Crippen molar-refractivity contribution in [2.24, 2.45) is 0 Å². The van der Waals surface area contributed by atoms with Gasteiger partial charge >= 0.3 is 6.09 Å². The average molecular weight is 435 g/mol. The summed E-state index contributed by atoms with van der Waals surface area (Å²) in [5.74, 6) is 2.73. The monoisotopic (exact) mass is 434 g/mol. The Hall–Kier alpha value is -3.37. The number of carbonyl (C=O) groups excluding carboxylic acids is 2. The molecule has 1 aromatic heterocycles. The number of nitrogens with zero attached hydrogens (tertiary/aromatic N) is 3. The summed E-state index contributed by atoms with van der Waals surface area (Å²) in [4.78, 5) is 33.0. The van der Waals surface area contributed by atoms with E-state index < -0.39 is 5.60 Å². The fourth-order valence-electron chi connectivity index (χ4n) is 3.45. The summed E-state index contributed by atoms with van der Waals surface area (Å²) in [5.41, 5.74) is 2.93. The lowest BCUT2D eigenvalue weighted by Crippen LogP contribution is -2.49. The van der Waals surface area contributed by atoms with Crippen LogP contribution in [-0.4, -0.2) is 58.6 Å². The second kappa shape index (κ2) is 9.84. The minimum absolute atomic E-state index is 0.229. The van der Waals surface area contributed by atoms with Crippen LogP contribution >= 0.6 is 0 Å². The van der Waals surface area contributed by atoms with Gasteiger partial charge in [0.15, 0.2) is 0 Å². The molecule has 0 spiro atoms.